The van der Waals surface area contributed by atoms with Crippen LogP contribution in [0.25, 0.3) is 16.6 Å². The highest BCUT2D eigenvalue weighted by Crippen LogP contribution is 2.22. The smallest absolute Gasteiger partial charge is 0.267 e. The monoisotopic (exact) mass is 341 g/mol. The SMILES string of the molecule is CCc1ccccc1-n1c(Nc2ccccc2)nc2ccccc2c1=O. The number of anilines is 2. The van der Waals surface area contributed by atoms with E-state index in [4.69, 9.17) is 4.98 Å². The lowest BCUT2D eigenvalue weighted by Gasteiger charge is -2.17. The predicted octanol–water partition coefficient (Wildman–Crippen LogP) is 4.69. The van der Waals surface area contributed by atoms with Crippen LogP contribution in [0.1, 0.15) is 12.5 Å². The summed E-state index contributed by atoms with van der Waals surface area (Å²) in [7, 11) is 0. The van der Waals surface area contributed by atoms with E-state index in [1.807, 2.05) is 78.9 Å². The van der Waals surface area contributed by atoms with E-state index in [2.05, 4.69) is 12.2 Å². The summed E-state index contributed by atoms with van der Waals surface area (Å²) in [5, 5.41) is 3.92. The van der Waals surface area contributed by atoms with Gasteiger partial charge in [0.1, 0.15) is 0 Å². The lowest BCUT2D eigenvalue weighted by Crippen LogP contribution is -2.23. The van der Waals surface area contributed by atoms with Gasteiger partial charge in [-0.15, -0.1) is 0 Å². The number of nitrogens with one attached hydrogen (secondary N) is 1. The molecule has 4 nitrogen and oxygen atoms in total. The molecule has 0 unspecified atom stereocenters. The first-order valence-corrected chi connectivity index (χ1v) is 8.70. The number of hydrogen-bond donors (Lipinski definition) is 1. The summed E-state index contributed by atoms with van der Waals surface area (Å²) < 4.78 is 1.67. The fraction of sp³-hybridized carbons (Fsp3) is 0.0909. The molecule has 0 aliphatic rings. The largest absolute Gasteiger partial charge is 0.325 e. The van der Waals surface area contributed by atoms with Crippen LogP contribution in [-0.4, -0.2) is 9.55 Å². The highest BCUT2D eigenvalue weighted by molar-refractivity contribution is 5.80. The van der Waals surface area contributed by atoms with E-state index in [1.165, 1.54) is 0 Å². The van der Waals surface area contributed by atoms with Crippen molar-refractivity contribution < 1.29 is 0 Å². The molecule has 0 bridgehead atoms. The molecule has 0 radical (unpaired) electrons. The highest BCUT2D eigenvalue weighted by atomic mass is 16.1. The minimum atomic E-state index is -0.0741. The maximum absolute atomic E-state index is 13.3. The van der Waals surface area contributed by atoms with Crippen LogP contribution in [0, 0.1) is 0 Å². The third kappa shape index (κ3) is 2.86. The van der Waals surface area contributed by atoms with Gasteiger partial charge in [0, 0.05) is 5.69 Å². The zero-order valence-electron chi connectivity index (χ0n) is 14.5. The second-order valence-electron chi connectivity index (χ2n) is 6.07. The molecule has 0 atom stereocenters. The third-order valence-corrected chi connectivity index (χ3v) is 4.42. The van der Waals surface area contributed by atoms with Crippen molar-refractivity contribution in [3.63, 3.8) is 0 Å². The minimum absolute atomic E-state index is 0.0741. The van der Waals surface area contributed by atoms with Crippen molar-refractivity contribution in [3.8, 4) is 5.69 Å². The predicted molar refractivity (Wildman–Crippen MR) is 106 cm³/mol. The van der Waals surface area contributed by atoms with Crippen LogP contribution in [0.3, 0.4) is 0 Å². The summed E-state index contributed by atoms with van der Waals surface area (Å²) in [4.78, 5) is 18.0. The Kier molecular flexibility index (Phi) is 4.23. The van der Waals surface area contributed by atoms with E-state index in [9.17, 15) is 4.79 Å². The van der Waals surface area contributed by atoms with Gasteiger partial charge in [0.05, 0.1) is 16.6 Å². The van der Waals surface area contributed by atoms with E-state index in [0.717, 1.165) is 23.4 Å². The zero-order valence-corrected chi connectivity index (χ0v) is 14.5. The van der Waals surface area contributed by atoms with Crippen molar-refractivity contribution in [2.45, 2.75) is 13.3 Å². The molecule has 1 heterocycles. The van der Waals surface area contributed by atoms with Crippen molar-refractivity contribution in [1.82, 2.24) is 9.55 Å². The summed E-state index contributed by atoms with van der Waals surface area (Å²) in [6, 6.07) is 25.2. The molecular formula is C22H19N3O. The number of hydrogen-bond acceptors (Lipinski definition) is 3. The molecule has 1 N–H and O–H groups in total. The van der Waals surface area contributed by atoms with Crippen molar-refractivity contribution in [2.24, 2.45) is 0 Å². The van der Waals surface area contributed by atoms with Crippen molar-refractivity contribution in [2.75, 3.05) is 5.32 Å². The quantitative estimate of drug-likeness (QED) is 0.586. The molecule has 4 heteroatoms. The summed E-state index contributed by atoms with van der Waals surface area (Å²) in [6.45, 7) is 2.09. The van der Waals surface area contributed by atoms with Gasteiger partial charge in [0.25, 0.3) is 5.56 Å². The molecule has 0 saturated heterocycles. The number of fused-ring (bicyclic) bond motifs is 1. The number of rotatable bonds is 4. The van der Waals surface area contributed by atoms with Crippen LogP contribution in [0.15, 0.2) is 83.7 Å². The molecule has 0 spiro atoms. The Morgan fingerprint density at radius 1 is 0.885 bits per heavy atom. The van der Waals surface area contributed by atoms with E-state index in [-0.39, 0.29) is 5.56 Å². The second kappa shape index (κ2) is 6.84. The van der Waals surface area contributed by atoms with Gasteiger partial charge in [-0.3, -0.25) is 4.79 Å². The van der Waals surface area contributed by atoms with Gasteiger partial charge >= 0.3 is 0 Å². The molecule has 4 rings (SSSR count). The second-order valence-corrected chi connectivity index (χ2v) is 6.07. The van der Waals surface area contributed by atoms with Gasteiger partial charge in [-0.05, 0) is 42.3 Å². The van der Waals surface area contributed by atoms with Crippen LogP contribution in [-0.2, 0) is 6.42 Å². The first-order chi connectivity index (χ1) is 12.8. The van der Waals surface area contributed by atoms with E-state index in [0.29, 0.717) is 16.9 Å². The van der Waals surface area contributed by atoms with Crippen LogP contribution in [0.2, 0.25) is 0 Å². The number of nitrogens with zero attached hydrogens (tertiary/aromatic N) is 2. The summed E-state index contributed by atoms with van der Waals surface area (Å²) in [6.07, 6.45) is 0.834. The zero-order chi connectivity index (χ0) is 17.9. The lowest BCUT2D eigenvalue weighted by atomic mass is 10.1. The normalized spacial score (nSPS) is 10.8. The molecule has 128 valence electrons. The first-order valence-electron chi connectivity index (χ1n) is 8.70. The Morgan fingerprint density at radius 3 is 2.38 bits per heavy atom. The maximum Gasteiger partial charge on any atom is 0.267 e. The maximum atomic E-state index is 13.3. The summed E-state index contributed by atoms with van der Waals surface area (Å²) in [5.41, 5.74) is 3.45. The van der Waals surface area contributed by atoms with Gasteiger partial charge < -0.3 is 5.32 Å². The van der Waals surface area contributed by atoms with Crippen LogP contribution < -0.4 is 10.9 Å². The Hall–Kier alpha value is -3.40. The number of benzene rings is 3. The summed E-state index contributed by atoms with van der Waals surface area (Å²) >= 11 is 0. The average Bonchev–Trinajstić information content (AvgIpc) is 2.69. The number of aromatic nitrogens is 2. The van der Waals surface area contributed by atoms with E-state index >= 15 is 0 Å². The summed E-state index contributed by atoms with van der Waals surface area (Å²) in [5.74, 6) is 0.515. The van der Waals surface area contributed by atoms with Crippen molar-refractivity contribution in [3.05, 3.63) is 94.8 Å². The molecule has 3 aromatic carbocycles. The van der Waals surface area contributed by atoms with Gasteiger partial charge in [0.15, 0.2) is 0 Å². The Morgan fingerprint density at radius 2 is 1.58 bits per heavy atom. The highest BCUT2D eigenvalue weighted by Gasteiger charge is 2.14. The molecule has 0 fully saturated rings. The van der Waals surface area contributed by atoms with Gasteiger partial charge in [-0.2, -0.15) is 0 Å². The van der Waals surface area contributed by atoms with E-state index in [1.54, 1.807) is 4.57 Å². The Bertz CT molecular complexity index is 1120. The van der Waals surface area contributed by atoms with Crippen LogP contribution in [0.4, 0.5) is 11.6 Å². The Labute approximate surface area is 151 Å². The molecular weight excluding hydrogens is 322 g/mol. The van der Waals surface area contributed by atoms with Crippen LogP contribution in [0.5, 0.6) is 0 Å². The molecule has 0 saturated carbocycles. The van der Waals surface area contributed by atoms with Crippen LogP contribution >= 0.6 is 0 Å². The lowest BCUT2D eigenvalue weighted by molar-refractivity contribution is 0.946. The third-order valence-electron chi connectivity index (χ3n) is 4.42. The fourth-order valence-electron chi connectivity index (χ4n) is 3.12. The molecule has 0 aliphatic heterocycles. The first kappa shape index (κ1) is 16.1. The molecule has 0 aliphatic carbocycles. The van der Waals surface area contributed by atoms with Gasteiger partial charge in [-0.25, -0.2) is 9.55 Å². The van der Waals surface area contributed by atoms with E-state index < -0.39 is 0 Å². The number of aryl methyl sites for hydroxylation is 1. The van der Waals surface area contributed by atoms with Crippen molar-refractivity contribution in [1.29, 1.82) is 0 Å². The van der Waals surface area contributed by atoms with Gasteiger partial charge in [-0.1, -0.05) is 55.5 Å². The number of para-hydroxylation sites is 3. The minimum Gasteiger partial charge on any atom is -0.325 e. The van der Waals surface area contributed by atoms with Gasteiger partial charge in [0.2, 0.25) is 5.95 Å². The fourth-order valence-corrected chi connectivity index (χ4v) is 3.12. The Balaban J connectivity index is 2.01. The molecule has 4 aromatic rings. The average molecular weight is 341 g/mol. The molecule has 26 heavy (non-hydrogen) atoms. The van der Waals surface area contributed by atoms with Crippen molar-refractivity contribution >= 4 is 22.5 Å². The standard InChI is InChI=1S/C22H19N3O/c1-2-16-10-6-9-15-20(16)25-21(26)18-13-7-8-14-19(18)24-22(25)23-17-11-4-3-5-12-17/h3-15H,2H2,1H3,(H,23,24). The topological polar surface area (TPSA) is 46.9 Å². The molecule has 0 amide bonds. The molecule has 1 aromatic heterocycles.